The zero-order chi connectivity index (χ0) is 31.4. The van der Waals surface area contributed by atoms with E-state index in [-0.39, 0.29) is 17.1 Å². The van der Waals surface area contributed by atoms with Gasteiger partial charge < -0.3 is 9.84 Å². The summed E-state index contributed by atoms with van der Waals surface area (Å²) in [4.78, 5) is 27.3. The molecule has 0 aliphatic rings. The van der Waals surface area contributed by atoms with Crippen LogP contribution in [0, 0.1) is 6.92 Å². The minimum atomic E-state index is -4.19. The van der Waals surface area contributed by atoms with Crippen molar-refractivity contribution < 1.29 is 23.1 Å². The molecule has 1 aromatic heterocycles. The third-order valence-electron chi connectivity index (χ3n) is 7.10. The summed E-state index contributed by atoms with van der Waals surface area (Å²) >= 11 is 1.12. The van der Waals surface area contributed by atoms with E-state index in [1.54, 1.807) is 30.3 Å². The predicted octanol–water partition coefficient (Wildman–Crippen LogP) is 4.13. The molecule has 4 aromatic carbocycles. The highest BCUT2D eigenvalue weighted by Crippen LogP contribution is 2.31. The van der Waals surface area contributed by atoms with E-state index < -0.39 is 27.5 Å². The Bertz CT molecular complexity index is 2080. The fourth-order valence-corrected chi connectivity index (χ4v) is 6.72. The first-order chi connectivity index (χ1) is 21.1. The number of phenolic OH excluding ortho intramolecular Hbond substituents is 1. The molecule has 10 heteroatoms. The molecular formula is C34H30N2O6S2. The number of amides is 1. The number of aromatic nitrogens is 1. The summed E-state index contributed by atoms with van der Waals surface area (Å²) in [5, 5.41) is 10.1. The number of phenols is 1. The van der Waals surface area contributed by atoms with E-state index in [1.807, 2.05) is 67.6 Å². The van der Waals surface area contributed by atoms with Crippen LogP contribution in [0.2, 0.25) is 0 Å². The zero-order valence-electron chi connectivity index (χ0n) is 24.1. The topological polar surface area (TPSA) is 115 Å². The van der Waals surface area contributed by atoms with Gasteiger partial charge in [-0.05, 0) is 59.5 Å². The number of benzene rings is 4. The second-order valence-electron chi connectivity index (χ2n) is 10.2. The molecule has 2 N–H and O–H groups in total. The van der Waals surface area contributed by atoms with Gasteiger partial charge >= 0.3 is 0 Å². The Morgan fingerprint density at radius 1 is 1.00 bits per heavy atom. The van der Waals surface area contributed by atoms with Gasteiger partial charge in [0, 0.05) is 6.42 Å². The molecule has 5 rings (SSSR count). The number of ether oxygens (including phenoxy) is 1. The number of aryl methyl sites for hydroxylation is 1. The maximum Gasteiger partial charge on any atom is 0.269 e. The molecule has 1 atom stereocenters. The van der Waals surface area contributed by atoms with Crippen LogP contribution in [0.5, 0.6) is 11.5 Å². The first-order valence-electron chi connectivity index (χ1n) is 13.6. The summed E-state index contributed by atoms with van der Waals surface area (Å²) in [5.74, 6) is -0.426. The molecule has 0 bridgehead atoms. The minimum absolute atomic E-state index is 0.0310. The van der Waals surface area contributed by atoms with E-state index in [0.717, 1.165) is 39.2 Å². The number of nitrogens with zero attached hydrogens (tertiary/aromatic N) is 1. The van der Waals surface area contributed by atoms with Crippen molar-refractivity contribution >= 4 is 39.9 Å². The highest BCUT2D eigenvalue weighted by Gasteiger charge is 2.28. The third-order valence-corrected chi connectivity index (χ3v) is 9.41. The summed E-state index contributed by atoms with van der Waals surface area (Å²) in [6.07, 6.45) is 1.78. The number of thiazole rings is 1. The smallest absolute Gasteiger partial charge is 0.269 e. The lowest BCUT2D eigenvalue weighted by Gasteiger charge is -2.18. The SMILES string of the molecule is C=c1s/c(=C\c2ccc(-c3ccc(OC)c(O)c3)cc2)c(=O)n1[C@@H](Cc1ccccc1)C(=O)NS(=O)(=O)c1ccc(C)cc1. The van der Waals surface area contributed by atoms with Crippen molar-refractivity contribution in [3.8, 4) is 22.6 Å². The van der Waals surface area contributed by atoms with E-state index in [1.165, 1.54) is 23.8 Å². The summed E-state index contributed by atoms with van der Waals surface area (Å²) in [6, 6.07) is 26.6. The van der Waals surface area contributed by atoms with Crippen molar-refractivity contribution in [3.63, 3.8) is 0 Å². The second kappa shape index (κ2) is 12.7. The molecule has 0 radical (unpaired) electrons. The van der Waals surface area contributed by atoms with Gasteiger partial charge in [0.15, 0.2) is 11.5 Å². The summed E-state index contributed by atoms with van der Waals surface area (Å²) in [7, 11) is -2.70. The molecule has 44 heavy (non-hydrogen) atoms. The third kappa shape index (κ3) is 6.66. The van der Waals surface area contributed by atoms with Crippen molar-refractivity contribution in [1.29, 1.82) is 0 Å². The Hall–Kier alpha value is -4.93. The fourth-order valence-electron chi connectivity index (χ4n) is 4.77. The molecule has 0 saturated carbocycles. The van der Waals surface area contributed by atoms with Crippen molar-refractivity contribution in [2.45, 2.75) is 24.3 Å². The Kier molecular flexibility index (Phi) is 8.84. The molecule has 0 aliphatic carbocycles. The minimum Gasteiger partial charge on any atom is -0.504 e. The number of nitrogens with one attached hydrogen (secondary N) is 1. The largest absolute Gasteiger partial charge is 0.504 e. The molecule has 1 amide bonds. The average Bonchev–Trinajstić information content (AvgIpc) is 3.28. The number of aromatic hydroxyl groups is 1. The van der Waals surface area contributed by atoms with Crippen molar-refractivity contribution in [2.24, 2.45) is 0 Å². The first kappa shape index (κ1) is 30.5. The maximum atomic E-state index is 13.7. The lowest BCUT2D eigenvalue weighted by atomic mass is 10.0. The highest BCUT2D eigenvalue weighted by molar-refractivity contribution is 7.90. The van der Waals surface area contributed by atoms with Crippen LogP contribution >= 0.6 is 11.3 Å². The van der Waals surface area contributed by atoms with Gasteiger partial charge in [-0.1, -0.05) is 84.9 Å². The van der Waals surface area contributed by atoms with E-state index in [4.69, 9.17) is 4.74 Å². The molecule has 8 nitrogen and oxygen atoms in total. The van der Waals surface area contributed by atoms with E-state index in [0.29, 0.717) is 14.9 Å². The van der Waals surface area contributed by atoms with E-state index >= 15 is 0 Å². The Morgan fingerprint density at radius 3 is 2.30 bits per heavy atom. The van der Waals surface area contributed by atoms with Gasteiger partial charge in [-0.3, -0.25) is 14.2 Å². The van der Waals surface area contributed by atoms with Gasteiger partial charge in [0.05, 0.1) is 21.2 Å². The lowest BCUT2D eigenvalue weighted by molar-refractivity contribution is -0.122. The molecule has 0 saturated heterocycles. The predicted molar refractivity (Wildman–Crippen MR) is 173 cm³/mol. The number of rotatable bonds is 9. The molecule has 0 spiro atoms. The van der Waals surface area contributed by atoms with Crippen molar-refractivity contribution in [3.05, 3.63) is 133 Å². The number of hydrogen-bond acceptors (Lipinski definition) is 7. The Labute approximate surface area is 258 Å². The molecule has 0 unspecified atom stereocenters. The molecule has 0 aliphatic heterocycles. The van der Waals surface area contributed by atoms with Gasteiger partial charge in [0.1, 0.15) is 6.04 Å². The van der Waals surface area contributed by atoms with Crippen LogP contribution < -0.4 is 24.2 Å². The van der Waals surface area contributed by atoms with Gasteiger partial charge in [-0.25, -0.2) is 13.1 Å². The number of carbonyl (C=O) groups is 1. The summed E-state index contributed by atoms with van der Waals surface area (Å²) < 4.78 is 35.4. The number of sulfonamides is 1. The Balaban J connectivity index is 1.49. The van der Waals surface area contributed by atoms with Crippen molar-refractivity contribution in [2.75, 3.05) is 7.11 Å². The molecular weight excluding hydrogens is 597 g/mol. The number of hydrogen-bond donors (Lipinski definition) is 2. The fraction of sp³-hybridized carbons (Fsp3) is 0.118. The van der Waals surface area contributed by atoms with E-state index in [9.17, 15) is 23.1 Å². The van der Waals surface area contributed by atoms with Gasteiger partial charge in [-0.2, -0.15) is 0 Å². The summed E-state index contributed by atoms with van der Waals surface area (Å²) in [5.41, 5.74) is 3.57. The second-order valence-corrected chi connectivity index (χ2v) is 13.0. The number of carbonyl (C=O) groups excluding carboxylic acids is 1. The molecule has 0 fully saturated rings. The normalized spacial score (nSPS) is 12.5. The summed E-state index contributed by atoms with van der Waals surface area (Å²) in [6.45, 7) is 5.86. The molecule has 1 heterocycles. The molecule has 5 aromatic rings. The average molecular weight is 627 g/mol. The lowest BCUT2D eigenvalue weighted by Crippen LogP contribution is -2.44. The van der Waals surface area contributed by atoms with Crippen LogP contribution in [-0.2, 0) is 21.2 Å². The maximum absolute atomic E-state index is 13.7. The van der Waals surface area contributed by atoms with E-state index in [2.05, 4.69) is 11.3 Å². The van der Waals surface area contributed by atoms with Gasteiger partial charge in [-0.15, -0.1) is 11.3 Å². The zero-order valence-corrected chi connectivity index (χ0v) is 25.7. The van der Waals surface area contributed by atoms with Crippen LogP contribution in [0.25, 0.3) is 23.8 Å². The van der Waals surface area contributed by atoms with Crippen LogP contribution in [0.15, 0.2) is 107 Å². The number of methoxy groups -OCH3 is 1. The van der Waals surface area contributed by atoms with Gasteiger partial charge in [0.2, 0.25) is 0 Å². The van der Waals surface area contributed by atoms with Crippen LogP contribution in [0.3, 0.4) is 0 Å². The highest BCUT2D eigenvalue weighted by atomic mass is 32.2. The Morgan fingerprint density at radius 2 is 1.66 bits per heavy atom. The standard InChI is InChI=1S/C34H30N2O6S2/c1-22-9-16-28(17-10-22)44(40,41)35-33(38)29(19-24-7-5-4-6-8-24)36-23(2)43-32(34(36)39)20-25-11-13-26(14-12-25)27-15-18-31(42-3)30(37)21-27/h4-18,20-21,29,37H,2,19H2,1,3H3,(H,35,38)/b32-20-/t29-/m0/s1. The molecule has 224 valence electrons. The monoisotopic (exact) mass is 626 g/mol. The van der Waals surface area contributed by atoms with Crippen LogP contribution in [0.4, 0.5) is 0 Å². The van der Waals surface area contributed by atoms with Crippen molar-refractivity contribution in [1.82, 2.24) is 9.29 Å². The van der Waals surface area contributed by atoms with Crippen LogP contribution in [0.1, 0.15) is 22.7 Å². The van der Waals surface area contributed by atoms with Crippen LogP contribution in [-0.4, -0.2) is 31.1 Å². The first-order valence-corrected chi connectivity index (χ1v) is 15.9. The van der Waals surface area contributed by atoms with Gasteiger partial charge in [0.25, 0.3) is 21.5 Å². The quantitative estimate of drug-likeness (QED) is 0.254.